The zero-order valence-corrected chi connectivity index (χ0v) is 22.1. The number of quaternary nitrogens is 1. The van der Waals surface area contributed by atoms with Crippen LogP contribution < -0.4 is 21.5 Å². The zero-order valence-electron chi connectivity index (χ0n) is 21.3. The number of halogens is 1. The molecule has 1 fully saturated rings. The Balaban J connectivity index is 1.45. The number of rotatable bonds is 10. The highest BCUT2D eigenvalue weighted by Gasteiger charge is 2.35. The number of anilines is 2. The summed E-state index contributed by atoms with van der Waals surface area (Å²) in [7, 11) is 1.68. The third kappa shape index (κ3) is 7.11. The highest BCUT2D eigenvalue weighted by atomic mass is 35.5. The van der Waals surface area contributed by atoms with E-state index in [1.807, 2.05) is 18.2 Å². The minimum absolute atomic E-state index is 0.00976. The molecule has 2 unspecified atom stereocenters. The molecule has 196 valence electrons. The summed E-state index contributed by atoms with van der Waals surface area (Å²) in [4.78, 5) is 21.0. The van der Waals surface area contributed by atoms with Crippen LogP contribution in [0, 0.1) is 0 Å². The van der Waals surface area contributed by atoms with Gasteiger partial charge < -0.3 is 26.0 Å². The van der Waals surface area contributed by atoms with Crippen molar-refractivity contribution in [1.29, 1.82) is 0 Å². The van der Waals surface area contributed by atoms with Crippen molar-refractivity contribution in [3.8, 4) is 5.75 Å². The molecule has 0 spiro atoms. The number of ether oxygens (including phenoxy) is 1. The smallest absolute Gasteiger partial charge is 0.274 e. The van der Waals surface area contributed by atoms with Gasteiger partial charge in [-0.2, -0.15) is 0 Å². The second-order valence-electron chi connectivity index (χ2n) is 9.83. The van der Waals surface area contributed by atoms with E-state index >= 15 is 0 Å². The summed E-state index contributed by atoms with van der Waals surface area (Å²) in [5, 5.41) is 3.13. The number of aryl methyl sites for hydroxylation is 1. The molecule has 2 aromatic carbocycles. The number of carbonyl (C=O) groups excluding carboxylic acids is 1. The number of hydrogen-bond donors (Lipinski definition) is 3. The molecular formula is C28H36ClN6O2+. The van der Waals surface area contributed by atoms with Gasteiger partial charge in [-0.3, -0.25) is 4.79 Å². The first-order chi connectivity index (χ1) is 17.9. The minimum Gasteiger partial charge on any atom is -0.497 e. The van der Waals surface area contributed by atoms with Gasteiger partial charge in [-0.25, -0.2) is 9.97 Å². The average molecular weight is 524 g/mol. The molecule has 2 atom stereocenters. The van der Waals surface area contributed by atoms with Crippen molar-refractivity contribution < 1.29 is 14.0 Å². The third-order valence-corrected chi connectivity index (χ3v) is 7.50. The predicted octanol–water partition coefficient (Wildman–Crippen LogP) is 3.89. The molecule has 8 nitrogen and oxygen atoms in total. The Morgan fingerprint density at radius 3 is 2.49 bits per heavy atom. The Bertz CT molecular complexity index is 1190. The summed E-state index contributed by atoms with van der Waals surface area (Å²) < 4.78 is 6.24. The van der Waals surface area contributed by atoms with Gasteiger partial charge in [0.15, 0.2) is 22.5 Å². The molecule has 0 radical (unpaired) electrons. The Kier molecular flexibility index (Phi) is 8.84. The van der Waals surface area contributed by atoms with Crippen molar-refractivity contribution in [3.05, 3.63) is 76.6 Å². The number of amides is 1. The van der Waals surface area contributed by atoms with Crippen LogP contribution in [0.3, 0.4) is 0 Å². The van der Waals surface area contributed by atoms with Gasteiger partial charge in [-0.15, -0.1) is 0 Å². The Labute approximate surface area is 223 Å². The molecule has 0 saturated carbocycles. The van der Waals surface area contributed by atoms with Gasteiger partial charge in [-0.1, -0.05) is 54.1 Å². The van der Waals surface area contributed by atoms with Crippen molar-refractivity contribution >= 4 is 29.1 Å². The standard InChI is InChI=1S/C28H35ClN6O2/c1-37-23-13-11-21(12-14-23)9-5-16-35(18-15-20-7-3-2-4-8-20)17-6-10-22(19-35)32-28(36)24-26(30)34-27(31)25(29)33-24/h2-4,7-8,11-14,22H,5-6,9-10,15-19H2,1H3,(H4-,30,31,32,34,36)/p+1. The molecule has 37 heavy (non-hydrogen) atoms. The first kappa shape index (κ1) is 26.7. The summed E-state index contributed by atoms with van der Waals surface area (Å²) in [6.07, 6.45) is 5.00. The molecule has 1 saturated heterocycles. The first-order valence-corrected chi connectivity index (χ1v) is 13.2. The maximum Gasteiger partial charge on any atom is 0.274 e. The molecule has 1 aromatic heterocycles. The van der Waals surface area contributed by atoms with E-state index in [-0.39, 0.29) is 34.4 Å². The Morgan fingerprint density at radius 1 is 1.03 bits per heavy atom. The van der Waals surface area contributed by atoms with Crippen LogP contribution in [0.4, 0.5) is 11.6 Å². The molecule has 4 rings (SSSR count). The monoisotopic (exact) mass is 523 g/mol. The number of carbonyl (C=O) groups is 1. The van der Waals surface area contributed by atoms with Gasteiger partial charge in [0.2, 0.25) is 0 Å². The van der Waals surface area contributed by atoms with E-state index in [0.29, 0.717) is 0 Å². The second-order valence-corrected chi connectivity index (χ2v) is 10.2. The summed E-state index contributed by atoms with van der Waals surface area (Å²) in [6, 6.07) is 18.9. The minimum atomic E-state index is -0.363. The molecule has 5 N–H and O–H groups in total. The van der Waals surface area contributed by atoms with Crippen molar-refractivity contribution in [1.82, 2.24) is 15.3 Å². The fourth-order valence-electron chi connectivity index (χ4n) is 5.24. The van der Waals surface area contributed by atoms with E-state index in [1.54, 1.807) is 7.11 Å². The summed E-state index contributed by atoms with van der Waals surface area (Å²) in [6.45, 7) is 4.02. The van der Waals surface area contributed by atoms with Crippen molar-refractivity contribution in [3.63, 3.8) is 0 Å². The molecule has 1 amide bonds. The number of aromatic nitrogens is 2. The lowest BCUT2D eigenvalue weighted by molar-refractivity contribution is -0.933. The number of nitrogens with zero attached hydrogens (tertiary/aromatic N) is 3. The molecule has 1 aliphatic heterocycles. The molecule has 0 bridgehead atoms. The Morgan fingerprint density at radius 2 is 1.76 bits per heavy atom. The van der Waals surface area contributed by atoms with Crippen LogP contribution in [0.1, 0.15) is 40.9 Å². The largest absolute Gasteiger partial charge is 0.497 e. The number of nitrogen functional groups attached to an aromatic ring is 2. The van der Waals surface area contributed by atoms with Gasteiger partial charge in [0.1, 0.15) is 5.75 Å². The summed E-state index contributed by atoms with van der Waals surface area (Å²) >= 11 is 6.00. The SMILES string of the molecule is COc1ccc(CCC[N+]2(CCc3ccccc3)CCCC(NC(=O)c3nc(Cl)c(N)nc3N)C2)cc1. The number of benzene rings is 2. The van der Waals surface area contributed by atoms with Crippen molar-refractivity contribution in [2.75, 3.05) is 44.8 Å². The lowest BCUT2D eigenvalue weighted by Crippen LogP contribution is -2.60. The summed E-state index contributed by atoms with van der Waals surface area (Å²) in [5.41, 5.74) is 14.2. The molecule has 2 heterocycles. The average Bonchev–Trinajstić information content (AvgIpc) is 2.91. The molecule has 3 aromatic rings. The highest BCUT2D eigenvalue weighted by Crippen LogP contribution is 2.24. The number of nitrogens with one attached hydrogen (secondary N) is 1. The number of likely N-dealkylation sites (tertiary alicyclic amines) is 1. The van der Waals surface area contributed by atoms with Gasteiger partial charge in [-0.05, 0) is 42.5 Å². The Hall–Kier alpha value is -3.36. The highest BCUT2D eigenvalue weighted by molar-refractivity contribution is 6.31. The van der Waals surface area contributed by atoms with E-state index in [9.17, 15) is 4.79 Å². The molecule has 9 heteroatoms. The fourth-order valence-corrected chi connectivity index (χ4v) is 5.37. The van der Waals surface area contributed by atoms with Crippen molar-refractivity contribution in [2.24, 2.45) is 0 Å². The quantitative estimate of drug-likeness (QED) is 0.347. The number of methoxy groups -OCH3 is 1. The predicted molar refractivity (Wildman–Crippen MR) is 148 cm³/mol. The normalized spacial score (nSPS) is 19.4. The lowest BCUT2D eigenvalue weighted by atomic mass is 9.99. The lowest BCUT2D eigenvalue weighted by Gasteiger charge is -2.45. The van der Waals surface area contributed by atoms with Crippen LogP contribution in [-0.2, 0) is 12.8 Å². The van der Waals surface area contributed by atoms with E-state index in [1.165, 1.54) is 11.1 Å². The maximum absolute atomic E-state index is 13.0. The molecule has 0 aliphatic carbocycles. The van der Waals surface area contributed by atoms with E-state index < -0.39 is 0 Å². The van der Waals surface area contributed by atoms with E-state index in [2.05, 4.69) is 51.7 Å². The zero-order chi connectivity index (χ0) is 26.3. The third-order valence-electron chi connectivity index (χ3n) is 7.22. The number of nitrogens with two attached hydrogens (primary N) is 2. The van der Waals surface area contributed by atoms with Gasteiger partial charge in [0.05, 0.1) is 39.3 Å². The van der Waals surface area contributed by atoms with E-state index in [0.717, 1.165) is 68.5 Å². The second kappa shape index (κ2) is 12.3. The first-order valence-electron chi connectivity index (χ1n) is 12.8. The van der Waals surface area contributed by atoms with Gasteiger partial charge >= 0.3 is 0 Å². The van der Waals surface area contributed by atoms with Crippen LogP contribution in [-0.4, -0.2) is 59.7 Å². The molecular weight excluding hydrogens is 488 g/mol. The summed E-state index contributed by atoms with van der Waals surface area (Å²) in [5.74, 6) is 0.511. The van der Waals surface area contributed by atoms with Crippen molar-refractivity contribution in [2.45, 2.75) is 38.1 Å². The van der Waals surface area contributed by atoms with E-state index in [4.69, 9.17) is 27.8 Å². The fraction of sp³-hybridized carbons (Fsp3) is 0.393. The van der Waals surface area contributed by atoms with Crippen LogP contribution in [0.5, 0.6) is 5.75 Å². The van der Waals surface area contributed by atoms with Crippen LogP contribution >= 0.6 is 11.6 Å². The van der Waals surface area contributed by atoms with Gasteiger partial charge in [0.25, 0.3) is 5.91 Å². The number of piperidine rings is 1. The van der Waals surface area contributed by atoms with Crippen LogP contribution in [0.15, 0.2) is 54.6 Å². The van der Waals surface area contributed by atoms with Crippen LogP contribution in [0.2, 0.25) is 5.15 Å². The maximum atomic E-state index is 13.0. The van der Waals surface area contributed by atoms with Crippen LogP contribution in [0.25, 0.3) is 0 Å². The number of hydrogen-bond acceptors (Lipinski definition) is 6. The topological polar surface area (TPSA) is 116 Å². The van der Waals surface area contributed by atoms with Gasteiger partial charge in [0, 0.05) is 12.8 Å². The molecule has 1 aliphatic rings.